The minimum atomic E-state index is -5.03. The van der Waals surface area contributed by atoms with E-state index in [0.29, 0.717) is 21.6 Å². The third-order valence-corrected chi connectivity index (χ3v) is 10.1. The zero-order valence-electron chi connectivity index (χ0n) is 37.7. The highest BCUT2D eigenvalue weighted by atomic mass is 19.4. The molecule has 0 saturated carbocycles. The molecule has 0 atom stereocenters. The fraction of sp³-hybridized carbons (Fsp3) is 0.370. The second kappa shape index (κ2) is 19.3. The maximum Gasteiger partial charge on any atom is 0.471 e. The number of benzene rings is 3. The smallest absolute Gasteiger partial charge is 0.462 e. The number of nitrogens with one attached hydrogen (secondary N) is 2. The number of hydrogen-bond donors (Lipinski definition) is 2. The number of amides is 3. The van der Waals surface area contributed by atoms with Crippen molar-refractivity contribution in [2.45, 2.75) is 77.4 Å². The van der Waals surface area contributed by atoms with Crippen LogP contribution in [0.4, 0.5) is 43.4 Å². The van der Waals surface area contributed by atoms with Gasteiger partial charge in [-0.15, -0.1) is 0 Å². The maximum absolute atomic E-state index is 12.9. The van der Waals surface area contributed by atoms with Crippen molar-refractivity contribution in [3.05, 3.63) is 106 Å². The van der Waals surface area contributed by atoms with Gasteiger partial charge in [0.05, 0.1) is 59.9 Å². The van der Waals surface area contributed by atoms with Crippen molar-refractivity contribution in [2.75, 3.05) is 50.5 Å². The monoisotopic (exact) mass is 915 g/mol. The Balaban J connectivity index is 0.000000216. The highest BCUT2D eigenvalue weighted by Crippen LogP contribution is 2.39. The predicted octanol–water partition coefficient (Wildman–Crippen LogP) is 9.38. The Kier molecular flexibility index (Phi) is 15.2. The van der Waals surface area contributed by atoms with Crippen molar-refractivity contribution in [2.24, 2.45) is 0 Å². The fourth-order valence-electron chi connectivity index (χ4n) is 6.63. The Labute approximate surface area is 372 Å². The largest absolute Gasteiger partial charge is 0.471 e. The van der Waals surface area contributed by atoms with E-state index >= 15 is 0 Å². The van der Waals surface area contributed by atoms with Crippen molar-refractivity contribution < 1.29 is 64.7 Å². The van der Waals surface area contributed by atoms with E-state index in [0.717, 1.165) is 22.4 Å². The van der Waals surface area contributed by atoms with Crippen LogP contribution in [0.1, 0.15) is 107 Å². The quantitative estimate of drug-likeness (QED) is 0.102. The summed E-state index contributed by atoms with van der Waals surface area (Å²) in [6, 6.07) is 12.1. The molecule has 0 aromatic heterocycles. The van der Waals surface area contributed by atoms with Crippen LogP contribution in [0.25, 0.3) is 18.2 Å². The van der Waals surface area contributed by atoms with Gasteiger partial charge < -0.3 is 15.4 Å². The summed E-state index contributed by atoms with van der Waals surface area (Å²) < 4.78 is 82.2. The number of carbonyl (C=O) groups excluding carboxylic acids is 5. The number of carbonyl (C=O) groups is 5. The van der Waals surface area contributed by atoms with E-state index in [-0.39, 0.29) is 40.6 Å². The van der Waals surface area contributed by atoms with Crippen molar-refractivity contribution in [1.82, 2.24) is 10.1 Å². The Morgan fingerprint density at radius 3 is 1.66 bits per heavy atom. The minimum Gasteiger partial charge on any atom is -0.462 e. The molecule has 3 aromatic rings. The van der Waals surface area contributed by atoms with Crippen molar-refractivity contribution in [3.8, 4) is 0 Å². The highest BCUT2D eigenvalue weighted by molar-refractivity contribution is 6.09. The van der Waals surface area contributed by atoms with Crippen molar-refractivity contribution in [3.63, 3.8) is 0 Å². The lowest BCUT2D eigenvalue weighted by atomic mass is 9.91. The number of halogens is 6. The molecule has 13 nitrogen and oxygen atoms in total. The Morgan fingerprint density at radius 2 is 1.14 bits per heavy atom. The number of anilines is 3. The van der Waals surface area contributed by atoms with Gasteiger partial charge in [0.15, 0.2) is 0 Å². The van der Waals surface area contributed by atoms with Crippen LogP contribution in [-0.4, -0.2) is 103 Å². The molecule has 3 aromatic carbocycles. The molecule has 3 aliphatic rings. The van der Waals surface area contributed by atoms with Gasteiger partial charge in [0.2, 0.25) is 0 Å². The summed E-state index contributed by atoms with van der Waals surface area (Å²) >= 11 is 0. The number of Topliss-reactive ketones (excluding diaryl/α,β-unsaturated/α-hetero) is 1. The van der Waals surface area contributed by atoms with Crippen LogP contribution >= 0.6 is 0 Å². The van der Waals surface area contributed by atoms with E-state index in [9.17, 15) is 50.3 Å². The second-order valence-electron chi connectivity index (χ2n) is 16.6. The lowest BCUT2D eigenvalue weighted by Gasteiger charge is -2.40. The van der Waals surface area contributed by atoms with Crippen LogP contribution in [-0.2, 0) is 19.2 Å². The molecule has 0 saturated heterocycles. The van der Waals surface area contributed by atoms with E-state index < -0.39 is 52.6 Å². The molecule has 0 aliphatic carbocycles. The lowest BCUT2D eigenvalue weighted by molar-refractivity contribution is -0.171. The molecule has 0 bridgehead atoms. The van der Waals surface area contributed by atoms with Gasteiger partial charge in [-0.2, -0.15) is 26.3 Å². The molecule has 3 amide bonds. The van der Waals surface area contributed by atoms with Gasteiger partial charge in [0.1, 0.15) is 0 Å². The molecule has 65 heavy (non-hydrogen) atoms. The number of rotatable bonds is 7. The molecule has 0 radical (unpaired) electrons. The zero-order valence-corrected chi connectivity index (χ0v) is 37.7. The Morgan fingerprint density at radius 1 is 0.646 bits per heavy atom. The number of esters is 1. The van der Waals surface area contributed by atoms with Crippen molar-refractivity contribution in [1.29, 1.82) is 0 Å². The Hall–Kier alpha value is -6.47. The van der Waals surface area contributed by atoms with Crippen LogP contribution < -0.4 is 15.5 Å². The standard InChI is InChI=1S/C16H17F3N2O3.C16H16F3NO3.C14H18N2O2/c1-15(2)8-7-10-9-11(13(22)20(3)24-4)5-6-12(10)21(15)14(23)16(17,18)19;1-4-23-14(22)10-7-9-5-6-15(2,3)20-12(9)11(8-10)13(21)16(17,18)19;1-14(2)8-7-10-9-11(5-6-12(10)15-14)13(17)16(3)18-4/h5-9H,1-4H3;5-8,20H,4H2,1-3H3;5-9,15H,1-4H3. The molecular weight excluding hydrogens is 865 g/mol. The average molecular weight is 916 g/mol. The summed E-state index contributed by atoms with van der Waals surface area (Å²) in [5.74, 6) is -5.33. The van der Waals surface area contributed by atoms with Gasteiger partial charge >= 0.3 is 24.2 Å². The molecule has 3 aliphatic heterocycles. The number of fused-ring (bicyclic) bond motifs is 3. The van der Waals surface area contributed by atoms with Crippen LogP contribution in [0, 0.1) is 0 Å². The lowest BCUT2D eigenvalue weighted by Crippen LogP contribution is -2.53. The highest BCUT2D eigenvalue weighted by Gasteiger charge is 2.48. The SMILES string of the molecule is CCOC(=O)c1cc2c(c(C(=O)C(F)(F)F)c1)NC(C)(C)C=C2.CON(C)C(=O)c1ccc2c(c1)C=CC(C)(C)N2.CON(C)C(=O)c1ccc2c(c1)C=CC(C)(C)N2C(=O)C(F)(F)F. The van der Waals surface area contributed by atoms with Crippen LogP contribution in [0.2, 0.25) is 0 Å². The van der Waals surface area contributed by atoms with E-state index in [1.807, 2.05) is 18.2 Å². The van der Waals surface area contributed by atoms with Crippen LogP contribution in [0.3, 0.4) is 0 Å². The third kappa shape index (κ3) is 12.2. The first-order valence-corrected chi connectivity index (χ1v) is 19.9. The van der Waals surface area contributed by atoms with Crippen LogP contribution in [0.5, 0.6) is 0 Å². The van der Waals surface area contributed by atoms with E-state index in [1.165, 1.54) is 70.5 Å². The number of ketones is 1. The van der Waals surface area contributed by atoms with Crippen molar-refractivity contribution >= 4 is 64.8 Å². The molecule has 3 heterocycles. The average Bonchev–Trinajstić information content (AvgIpc) is 3.23. The first-order chi connectivity index (χ1) is 30.0. The number of nitrogens with zero attached hydrogens (tertiary/aromatic N) is 3. The summed E-state index contributed by atoms with van der Waals surface area (Å²) in [6.45, 7) is 12.4. The molecule has 0 unspecified atom stereocenters. The maximum atomic E-state index is 12.9. The zero-order chi connectivity index (χ0) is 49.0. The van der Waals surface area contributed by atoms with Gasteiger partial charge in [0, 0.05) is 30.9 Å². The number of hydrogen-bond acceptors (Lipinski definition) is 10. The third-order valence-electron chi connectivity index (χ3n) is 10.1. The summed E-state index contributed by atoms with van der Waals surface area (Å²) in [5, 5.41) is 8.51. The van der Waals surface area contributed by atoms with Gasteiger partial charge in [-0.3, -0.25) is 33.8 Å². The first-order valence-electron chi connectivity index (χ1n) is 19.9. The van der Waals surface area contributed by atoms with Gasteiger partial charge in [0.25, 0.3) is 17.6 Å². The molecule has 350 valence electrons. The summed E-state index contributed by atoms with van der Waals surface area (Å²) in [4.78, 5) is 69.8. The molecule has 19 heteroatoms. The molecule has 2 N–H and O–H groups in total. The number of ether oxygens (including phenoxy) is 1. The normalized spacial score (nSPS) is 15.7. The minimum absolute atomic E-state index is 0.0537. The van der Waals surface area contributed by atoms with Crippen LogP contribution in [0.15, 0.2) is 66.8 Å². The molecular formula is C46H51F6N5O8. The molecule has 0 fully saturated rings. The summed E-state index contributed by atoms with van der Waals surface area (Å²) in [7, 11) is 5.81. The number of hydroxylamine groups is 4. The van der Waals surface area contributed by atoms with Gasteiger partial charge in [-0.05, 0) is 114 Å². The topological polar surface area (TPSA) is 147 Å². The van der Waals surface area contributed by atoms with E-state index in [2.05, 4.69) is 30.6 Å². The first kappa shape index (κ1) is 51.2. The second-order valence-corrected chi connectivity index (χ2v) is 16.6. The molecule has 0 spiro atoms. The molecule has 6 rings (SSSR count). The van der Waals surface area contributed by atoms with E-state index in [1.54, 1.807) is 52.1 Å². The van der Waals surface area contributed by atoms with Gasteiger partial charge in [-0.1, -0.05) is 36.5 Å². The van der Waals surface area contributed by atoms with Gasteiger partial charge in [-0.25, -0.2) is 14.9 Å². The van der Waals surface area contributed by atoms with E-state index in [4.69, 9.17) is 14.4 Å². The summed E-state index contributed by atoms with van der Waals surface area (Å²) in [6.07, 6.45) is 0.512. The Bertz CT molecular complexity index is 2440. The fourth-order valence-corrected chi connectivity index (χ4v) is 6.63. The summed E-state index contributed by atoms with van der Waals surface area (Å²) in [5.41, 5.74) is 1.27. The predicted molar refractivity (Wildman–Crippen MR) is 234 cm³/mol. The number of alkyl halides is 6.